The standard InChI is InChI=1S/C27H30F2O2S2/c1-15(13-32)12-30-21-4-2-19-20-3-5-22(24(29)26(20)33-25(19)23(21)28)31-14-27-9-16-6-17(10-27)8-18(7-16)11-27/h2-5,15-18,32H,6-14H2,1H3/t15-,16-,17?,18?,27-/m1/s1. The van der Waals surface area contributed by atoms with Crippen molar-refractivity contribution in [2.24, 2.45) is 29.1 Å². The van der Waals surface area contributed by atoms with Crippen LogP contribution < -0.4 is 9.47 Å². The van der Waals surface area contributed by atoms with E-state index in [4.69, 9.17) is 9.47 Å². The van der Waals surface area contributed by atoms with E-state index in [1.54, 1.807) is 12.1 Å². The van der Waals surface area contributed by atoms with Gasteiger partial charge in [0.1, 0.15) is 0 Å². The second kappa shape index (κ2) is 8.30. The lowest BCUT2D eigenvalue weighted by Gasteiger charge is -2.56. The zero-order valence-corrected chi connectivity index (χ0v) is 20.6. The lowest BCUT2D eigenvalue weighted by atomic mass is 9.50. The maximum absolute atomic E-state index is 15.5. The highest BCUT2D eigenvalue weighted by atomic mass is 32.1. The van der Waals surface area contributed by atoms with E-state index in [1.807, 2.05) is 19.1 Å². The smallest absolute Gasteiger partial charge is 0.182 e. The van der Waals surface area contributed by atoms with Gasteiger partial charge in [-0.15, -0.1) is 11.3 Å². The second-order valence-corrected chi connectivity index (χ2v) is 12.3. The van der Waals surface area contributed by atoms with Gasteiger partial charge >= 0.3 is 0 Å². The Morgan fingerprint density at radius 2 is 1.42 bits per heavy atom. The zero-order valence-electron chi connectivity index (χ0n) is 18.9. The Hall–Kier alpha value is -1.53. The van der Waals surface area contributed by atoms with E-state index in [0.29, 0.717) is 39.5 Å². The van der Waals surface area contributed by atoms with Crippen LogP contribution in [-0.4, -0.2) is 19.0 Å². The molecule has 4 fully saturated rings. The average molecular weight is 489 g/mol. The molecular weight excluding hydrogens is 458 g/mol. The maximum atomic E-state index is 15.5. The van der Waals surface area contributed by atoms with Crippen molar-refractivity contribution in [2.75, 3.05) is 19.0 Å². The summed E-state index contributed by atoms with van der Waals surface area (Å²) in [5.41, 5.74) is 0.221. The molecule has 4 aliphatic carbocycles. The Morgan fingerprint density at radius 3 is 1.94 bits per heavy atom. The van der Waals surface area contributed by atoms with Crippen LogP contribution in [0.5, 0.6) is 11.5 Å². The van der Waals surface area contributed by atoms with Crippen molar-refractivity contribution in [3.05, 3.63) is 35.9 Å². The SMILES string of the molecule is C[C@@H](CS)COc1ccc2c(sc3c(F)c(OC[C@]45CC6CC(C[C@H](C6)C4)C5)ccc32)c1F. The van der Waals surface area contributed by atoms with Gasteiger partial charge < -0.3 is 9.47 Å². The molecule has 3 aromatic rings. The molecule has 0 saturated heterocycles. The van der Waals surface area contributed by atoms with E-state index in [0.717, 1.165) is 34.5 Å². The van der Waals surface area contributed by atoms with E-state index in [9.17, 15) is 0 Å². The first kappa shape index (κ1) is 22.0. The largest absolute Gasteiger partial charge is 0.490 e. The molecule has 0 unspecified atom stereocenters. The van der Waals surface area contributed by atoms with Crippen molar-refractivity contribution >= 4 is 44.1 Å². The van der Waals surface area contributed by atoms with Crippen LogP contribution in [0.3, 0.4) is 0 Å². The minimum Gasteiger partial charge on any atom is -0.490 e. The van der Waals surface area contributed by atoms with Gasteiger partial charge in [0.15, 0.2) is 23.1 Å². The lowest BCUT2D eigenvalue weighted by molar-refractivity contribution is -0.0749. The Labute approximate surface area is 203 Å². The van der Waals surface area contributed by atoms with Crippen LogP contribution in [0.4, 0.5) is 8.78 Å². The average Bonchev–Trinajstić information content (AvgIpc) is 3.17. The number of fused-ring (bicyclic) bond motifs is 3. The summed E-state index contributed by atoms with van der Waals surface area (Å²) in [6, 6.07) is 7.06. The number of halogens is 2. The third-order valence-corrected chi connectivity index (χ3v) is 9.98. The van der Waals surface area contributed by atoms with Crippen molar-refractivity contribution in [3.8, 4) is 11.5 Å². The molecular formula is C27H30F2O2S2. The Balaban J connectivity index is 1.27. The Bertz CT molecular complexity index is 1170. The Kier molecular flexibility index (Phi) is 5.52. The van der Waals surface area contributed by atoms with Gasteiger partial charge in [-0.1, -0.05) is 6.92 Å². The first-order valence-electron chi connectivity index (χ1n) is 12.1. The van der Waals surface area contributed by atoms with Gasteiger partial charge in [0.05, 0.1) is 22.6 Å². The molecule has 7 rings (SSSR count). The van der Waals surface area contributed by atoms with Crippen molar-refractivity contribution in [1.29, 1.82) is 0 Å². The molecule has 2 aromatic carbocycles. The van der Waals surface area contributed by atoms with E-state index in [-0.39, 0.29) is 22.9 Å². The fourth-order valence-corrected chi connectivity index (χ4v) is 8.27. The van der Waals surface area contributed by atoms with Crippen molar-refractivity contribution in [2.45, 2.75) is 45.4 Å². The minimum atomic E-state index is -0.421. The molecule has 33 heavy (non-hydrogen) atoms. The lowest BCUT2D eigenvalue weighted by Crippen LogP contribution is -2.48. The highest BCUT2D eigenvalue weighted by Crippen LogP contribution is 2.60. The topological polar surface area (TPSA) is 18.5 Å². The number of thiophene rings is 1. The third kappa shape index (κ3) is 3.81. The first-order chi connectivity index (χ1) is 15.9. The minimum absolute atomic E-state index is 0.210. The fraction of sp³-hybridized carbons (Fsp3) is 0.556. The van der Waals surface area contributed by atoms with Gasteiger partial charge in [0, 0.05) is 16.2 Å². The summed E-state index contributed by atoms with van der Waals surface area (Å²) in [6.45, 7) is 3.00. The summed E-state index contributed by atoms with van der Waals surface area (Å²) in [6.07, 6.45) is 7.83. The van der Waals surface area contributed by atoms with Crippen LogP contribution in [0.25, 0.3) is 20.2 Å². The molecule has 2 nitrogen and oxygen atoms in total. The molecule has 0 aliphatic heterocycles. The molecule has 0 amide bonds. The number of thiol groups is 1. The van der Waals surface area contributed by atoms with Crippen LogP contribution in [0, 0.1) is 40.7 Å². The second-order valence-electron chi connectivity index (χ2n) is 10.9. The third-order valence-electron chi connectivity index (χ3n) is 8.15. The maximum Gasteiger partial charge on any atom is 0.182 e. The molecule has 0 radical (unpaired) electrons. The van der Waals surface area contributed by atoms with Gasteiger partial charge in [-0.05, 0) is 92.2 Å². The summed E-state index contributed by atoms with van der Waals surface area (Å²) in [4.78, 5) is 0. The summed E-state index contributed by atoms with van der Waals surface area (Å²) in [7, 11) is 0. The number of hydrogen-bond acceptors (Lipinski definition) is 4. The fourth-order valence-electron chi connectivity index (χ4n) is 7.01. The molecule has 4 saturated carbocycles. The van der Waals surface area contributed by atoms with Crippen LogP contribution in [0.15, 0.2) is 24.3 Å². The summed E-state index contributed by atoms with van der Waals surface area (Å²) < 4.78 is 43.4. The quantitative estimate of drug-likeness (QED) is 0.341. The molecule has 6 heteroatoms. The van der Waals surface area contributed by atoms with Crippen molar-refractivity contribution in [1.82, 2.24) is 0 Å². The predicted octanol–water partition coefficient (Wildman–Crippen LogP) is 7.87. The predicted molar refractivity (Wildman–Crippen MR) is 134 cm³/mol. The van der Waals surface area contributed by atoms with E-state index in [1.165, 1.54) is 38.5 Å². The highest BCUT2D eigenvalue weighted by molar-refractivity contribution is 7.80. The summed E-state index contributed by atoms with van der Waals surface area (Å²) in [5.74, 6) is 3.12. The molecule has 1 heterocycles. The van der Waals surface area contributed by atoms with Gasteiger partial charge in [-0.3, -0.25) is 0 Å². The number of rotatable bonds is 7. The van der Waals surface area contributed by atoms with E-state index >= 15 is 8.78 Å². The van der Waals surface area contributed by atoms with Crippen LogP contribution in [-0.2, 0) is 0 Å². The van der Waals surface area contributed by atoms with E-state index < -0.39 is 5.82 Å². The molecule has 1 atom stereocenters. The normalized spacial score (nSPS) is 29.2. The van der Waals surface area contributed by atoms with Gasteiger partial charge in [-0.25, -0.2) is 8.78 Å². The number of benzene rings is 2. The zero-order chi connectivity index (χ0) is 22.7. The highest BCUT2D eigenvalue weighted by Gasteiger charge is 2.51. The number of ether oxygens (including phenoxy) is 2. The molecule has 4 aliphatic rings. The molecule has 1 aromatic heterocycles. The Morgan fingerprint density at radius 1 is 0.909 bits per heavy atom. The molecule has 0 N–H and O–H groups in total. The molecule has 4 bridgehead atoms. The van der Waals surface area contributed by atoms with Crippen molar-refractivity contribution in [3.63, 3.8) is 0 Å². The van der Waals surface area contributed by atoms with Crippen LogP contribution in [0.1, 0.15) is 45.4 Å². The van der Waals surface area contributed by atoms with Crippen molar-refractivity contribution < 1.29 is 18.3 Å². The van der Waals surface area contributed by atoms with Gasteiger partial charge in [-0.2, -0.15) is 12.6 Å². The number of hydrogen-bond donors (Lipinski definition) is 1. The van der Waals surface area contributed by atoms with Gasteiger partial charge in [0.2, 0.25) is 0 Å². The molecule has 0 spiro atoms. The molecule has 176 valence electrons. The van der Waals surface area contributed by atoms with Gasteiger partial charge in [0.25, 0.3) is 0 Å². The van der Waals surface area contributed by atoms with Crippen LogP contribution in [0.2, 0.25) is 0 Å². The summed E-state index contributed by atoms with van der Waals surface area (Å²) in [5, 5.41) is 1.44. The van der Waals surface area contributed by atoms with Crippen LogP contribution >= 0.6 is 24.0 Å². The summed E-state index contributed by atoms with van der Waals surface area (Å²) >= 11 is 5.40. The van der Waals surface area contributed by atoms with E-state index in [2.05, 4.69) is 12.6 Å². The first-order valence-corrected chi connectivity index (χ1v) is 13.6. The monoisotopic (exact) mass is 488 g/mol.